The average molecular weight is 608 g/mol. The lowest BCUT2D eigenvalue weighted by molar-refractivity contribution is -0.138. The smallest absolute Gasteiger partial charge is 0.392 e. The molecule has 4 N–H and O–H groups in total. The van der Waals surface area contributed by atoms with Crippen molar-refractivity contribution in [2.45, 2.75) is 19.6 Å². The summed E-state index contributed by atoms with van der Waals surface area (Å²) in [4.78, 5) is 21.2. The molecular formula is C32H33F4N7O. The van der Waals surface area contributed by atoms with E-state index in [9.17, 15) is 22.4 Å². The van der Waals surface area contributed by atoms with Crippen LogP contribution in [0.2, 0.25) is 0 Å². The van der Waals surface area contributed by atoms with Gasteiger partial charge in [0.1, 0.15) is 0 Å². The van der Waals surface area contributed by atoms with Crippen LogP contribution in [-0.2, 0) is 12.7 Å². The van der Waals surface area contributed by atoms with Gasteiger partial charge in [0.05, 0.1) is 11.3 Å². The van der Waals surface area contributed by atoms with E-state index in [0.717, 1.165) is 30.9 Å². The molecule has 0 radical (unpaired) electrons. The number of piperazine rings is 1. The van der Waals surface area contributed by atoms with Crippen LogP contribution in [0.25, 0.3) is 0 Å². The molecule has 230 valence electrons. The number of amides is 1. The Bertz CT molecular complexity index is 1620. The van der Waals surface area contributed by atoms with Gasteiger partial charge in [-0.25, -0.2) is 9.37 Å². The number of hydrogen-bond acceptors (Lipinski definition) is 7. The van der Waals surface area contributed by atoms with Crippen molar-refractivity contribution in [1.29, 1.82) is 5.41 Å². The summed E-state index contributed by atoms with van der Waals surface area (Å²) in [6.07, 6.45) is -0.717. The Morgan fingerprint density at radius 3 is 2.48 bits per heavy atom. The van der Waals surface area contributed by atoms with Gasteiger partial charge in [-0.2, -0.15) is 13.2 Å². The number of carbonyl (C=O) groups is 1. The molecule has 1 aromatic heterocycles. The van der Waals surface area contributed by atoms with E-state index in [2.05, 4.69) is 37.7 Å². The van der Waals surface area contributed by atoms with Crippen molar-refractivity contribution in [3.8, 4) is 11.8 Å². The second-order valence-electron chi connectivity index (χ2n) is 10.4. The number of nitrogens with zero attached hydrogens (tertiary/aromatic N) is 3. The van der Waals surface area contributed by atoms with Gasteiger partial charge in [0.2, 0.25) is 0 Å². The van der Waals surface area contributed by atoms with Gasteiger partial charge in [0.25, 0.3) is 5.91 Å². The first kappa shape index (κ1) is 32.2. The Labute approximate surface area is 253 Å². The zero-order valence-corrected chi connectivity index (χ0v) is 24.6. The molecule has 0 bridgehead atoms. The molecule has 1 aliphatic heterocycles. The third kappa shape index (κ3) is 8.43. The van der Waals surface area contributed by atoms with Gasteiger partial charge in [-0.15, -0.1) is 0 Å². The average Bonchev–Trinajstić information content (AvgIpc) is 2.99. The van der Waals surface area contributed by atoms with Crippen LogP contribution in [0.1, 0.15) is 38.2 Å². The fourth-order valence-electron chi connectivity index (χ4n) is 4.55. The van der Waals surface area contributed by atoms with E-state index in [1.54, 1.807) is 26.1 Å². The number of carbonyl (C=O) groups excluding carboxylic acids is 1. The maximum Gasteiger partial charge on any atom is 0.416 e. The highest BCUT2D eigenvalue weighted by atomic mass is 19.4. The molecule has 1 fully saturated rings. The standard InChI is InChI=1S/C32H33F4N7O/c1-21-4-6-24(15-23(21)7-5-22-14-29(33)30(39-18-22)40-27(17-37)19-38-2)31(44)41-26-9-8-25(28(16-26)32(34,35)36)20-43-12-10-42(3)11-13-43/h4,6,8-9,14-19,37-38H,10-13,20H2,1-3H3,(H,39,40)(H,41,44)/b27-19+,37-17?. The number of likely N-dealkylation sites (N-methyl/N-ethyl adjacent to an activating group) is 1. The summed E-state index contributed by atoms with van der Waals surface area (Å²) in [6, 6.07) is 9.83. The van der Waals surface area contributed by atoms with E-state index in [1.165, 1.54) is 36.7 Å². The summed E-state index contributed by atoms with van der Waals surface area (Å²) < 4.78 is 56.5. The lowest BCUT2D eigenvalue weighted by atomic mass is 10.0. The fourth-order valence-corrected chi connectivity index (χ4v) is 4.55. The van der Waals surface area contributed by atoms with E-state index < -0.39 is 23.5 Å². The van der Waals surface area contributed by atoms with Crippen molar-refractivity contribution < 1.29 is 22.4 Å². The van der Waals surface area contributed by atoms with Crippen molar-refractivity contribution in [2.24, 2.45) is 0 Å². The molecule has 3 aromatic rings. The Morgan fingerprint density at radius 2 is 1.82 bits per heavy atom. The number of allylic oxidation sites excluding steroid dienone is 1. The minimum Gasteiger partial charge on any atom is -0.392 e. The number of rotatable bonds is 8. The molecule has 44 heavy (non-hydrogen) atoms. The van der Waals surface area contributed by atoms with Crippen molar-refractivity contribution >= 4 is 23.6 Å². The summed E-state index contributed by atoms with van der Waals surface area (Å²) in [6.45, 7) is 4.91. The molecule has 0 spiro atoms. The third-order valence-electron chi connectivity index (χ3n) is 7.06. The number of anilines is 2. The van der Waals surface area contributed by atoms with Gasteiger partial charge in [0.15, 0.2) is 11.6 Å². The fraction of sp³-hybridized carbons (Fsp3) is 0.281. The van der Waals surface area contributed by atoms with E-state index in [4.69, 9.17) is 5.41 Å². The van der Waals surface area contributed by atoms with Crippen LogP contribution < -0.4 is 16.0 Å². The predicted molar refractivity (Wildman–Crippen MR) is 163 cm³/mol. The van der Waals surface area contributed by atoms with Gasteiger partial charge in [-0.3, -0.25) is 9.69 Å². The number of aromatic nitrogens is 1. The molecule has 0 aliphatic carbocycles. The van der Waals surface area contributed by atoms with E-state index in [1.807, 2.05) is 11.9 Å². The van der Waals surface area contributed by atoms with Crippen LogP contribution in [0.15, 0.2) is 60.6 Å². The number of aryl methyl sites for hydroxylation is 1. The first-order valence-corrected chi connectivity index (χ1v) is 13.8. The zero-order valence-electron chi connectivity index (χ0n) is 24.6. The van der Waals surface area contributed by atoms with Crippen molar-refractivity contribution in [3.05, 3.63) is 99.8 Å². The van der Waals surface area contributed by atoms with Crippen LogP contribution in [0.4, 0.5) is 29.1 Å². The topological polar surface area (TPSA) is 96.4 Å². The van der Waals surface area contributed by atoms with Crippen molar-refractivity contribution in [3.63, 3.8) is 0 Å². The molecule has 1 aliphatic rings. The van der Waals surface area contributed by atoms with E-state index in [-0.39, 0.29) is 34.7 Å². The molecule has 0 saturated carbocycles. The number of nitrogens with one attached hydrogen (secondary N) is 4. The summed E-state index contributed by atoms with van der Waals surface area (Å²) >= 11 is 0. The van der Waals surface area contributed by atoms with Gasteiger partial charge in [0, 0.05) is 80.8 Å². The number of hydrogen-bond donors (Lipinski definition) is 4. The van der Waals surface area contributed by atoms with Gasteiger partial charge >= 0.3 is 6.18 Å². The van der Waals surface area contributed by atoms with Crippen LogP contribution in [0.3, 0.4) is 0 Å². The maximum atomic E-state index is 14.6. The van der Waals surface area contributed by atoms with E-state index >= 15 is 0 Å². The van der Waals surface area contributed by atoms with E-state index in [0.29, 0.717) is 24.4 Å². The lowest BCUT2D eigenvalue weighted by Gasteiger charge is -2.33. The van der Waals surface area contributed by atoms with Crippen molar-refractivity contribution in [2.75, 3.05) is 50.9 Å². The molecule has 2 heterocycles. The molecular weight excluding hydrogens is 574 g/mol. The molecule has 8 nitrogen and oxygen atoms in total. The minimum atomic E-state index is -4.58. The number of alkyl halides is 3. The second kappa shape index (κ2) is 14.2. The summed E-state index contributed by atoms with van der Waals surface area (Å²) in [7, 11) is 3.63. The molecule has 4 rings (SSSR count). The first-order chi connectivity index (χ1) is 21.0. The van der Waals surface area contributed by atoms with Gasteiger partial charge in [-0.05, 0) is 55.4 Å². The van der Waals surface area contributed by atoms with Crippen molar-refractivity contribution in [1.82, 2.24) is 20.1 Å². The Morgan fingerprint density at radius 1 is 1.07 bits per heavy atom. The molecule has 12 heteroatoms. The van der Waals surface area contributed by atoms with Gasteiger partial charge < -0.3 is 26.3 Å². The number of halogens is 4. The van der Waals surface area contributed by atoms with Crippen LogP contribution in [-0.4, -0.2) is 67.2 Å². The highest BCUT2D eigenvalue weighted by molar-refractivity contribution is 6.04. The predicted octanol–water partition coefficient (Wildman–Crippen LogP) is 5.07. The third-order valence-corrected chi connectivity index (χ3v) is 7.06. The van der Waals surface area contributed by atoms with Crippen LogP contribution in [0, 0.1) is 30.0 Å². The van der Waals surface area contributed by atoms with Crippen LogP contribution in [0.5, 0.6) is 0 Å². The molecule has 1 saturated heterocycles. The minimum absolute atomic E-state index is 0.0312. The summed E-state index contributed by atoms with van der Waals surface area (Å²) in [5, 5.41) is 15.4. The van der Waals surface area contributed by atoms with Crippen LogP contribution >= 0.6 is 0 Å². The maximum absolute atomic E-state index is 14.6. The normalized spacial score (nSPS) is 14.4. The number of benzene rings is 2. The Balaban J connectivity index is 1.50. The van der Waals surface area contributed by atoms with Gasteiger partial charge in [-0.1, -0.05) is 24.0 Å². The highest BCUT2D eigenvalue weighted by Gasteiger charge is 2.34. The highest BCUT2D eigenvalue weighted by Crippen LogP contribution is 2.34. The largest absolute Gasteiger partial charge is 0.416 e. The SMILES string of the molecule is CN/C=C(\C=N)Nc1ncc(C#Cc2cc(C(=O)Nc3ccc(CN4CCN(C)CC4)c(C(F)(F)F)c3)ccc2C)cc1F. The monoisotopic (exact) mass is 607 g/mol. The Kier molecular flexibility index (Phi) is 10.4. The second-order valence-corrected chi connectivity index (χ2v) is 10.4. The quantitative estimate of drug-likeness (QED) is 0.162. The molecule has 0 atom stereocenters. The molecule has 0 unspecified atom stereocenters. The summed E-state index contributed by atoms with van der Waals surface area (Å²) in [5.74, 6) is 4.41. The molecule has 2 aromatic carbocycles. The lowest BCUT2D eigenvalue weighted by Crippen LogP contribution is -2.44. The first-order valence-electron chi connectivity index (χ1n) is 13.8. The summed E-state index contributed by atoms with van der Waals surface area (Å²) in [5.41, 5.74) is 1.44. The zero-order chi connectivity index (χ0) is 31.9. The Hall–Kier alpha value is -4.73. The number of pyridine rings is 1. The molecule has 1 amide bonds.